The van der Waals surface area contributed by atoms with Crippen LogP contribution in [0.1, 0.15) is 69.0 Å². The predicted molar refractivity (Wildman–Crippen MR) is 284 cm³/mol. The van der Waals surface area contributed by atoms with Gasteiger partial charge < -0.3 is 44.5 Å². The van der Waals surface area contributed by atoms with E-state index in [0.717, 1.165) is 21.2 Å². The number of amides is 5. The number of nitrogens with one attached hydrogen (secondary N) is 3. The third kappa shape index (κ3) is 16.9. The Morgan fingerprint density at radius 2 is 1.53 bits per heavy atom. The van der Waals surface area contributed by atoms with E-state index in [0.29, 0.717) is 34.7 Å². The molecule has 0 bridgehead atoms. The van der Waals surface area contributed by atoms with Crippen LogP contribution < -0.4 is 25.4 Å². The zero-order valence-electron chi connectivity index (χ0n) is 44.2. The van der Waals surface area contributed by atoms with Crippen molar-refractivity contribution in [2.75, 3.05) is 40.5 Å². The molecule has 1 saturated heterocycles. The van der Waals surface area contributed by atoms with E-state index in [9.17, 15) is 33.6 Å². The highest BCUT2D eigenvalue weighted by atomic mass is 16.6. The lowest BCUT2D eigenvalue weighted by Crippen LogP contribution is -2.57. The minimum absolute atomic E-state index is 0.00790. The van der Waals surface area contributed by atoms with E-state index < -0.39 is 78.0 Å². The zero-order valence-corrected chi connectivity index (χ0v) is 44.2. The topological polar surface area (TPSA) is 239 Å². The number of fused-ring (bicyclic) bond motifs is 1. The molecule has 5 aromatic rings. The van der Waals surface area contributed by atoms with Crippen LogP contribution in [0.15, 0.2) is 110 Å². The monoisotopic (exact) mass is 1050 g/mol. The van der Waals surface area contributed by atoms with E-state index >= 15 is 0 Å². The molecule has 0 aliphatic carbocycles. The number of terminal acetylenes is 1. The largest absolute Gasteiger partial charge is 0.487 e. The molecule has 6 rings (SSSR count). The van der Waals surface area contributed by atoms with Gasteiger partial charge in [0.15, 0.2) is 0 Å². The van der Waals surface area contributed by atoms with Gasteiger partial charge in [-0.2, -0.15) is 0 Å². The molecular formula is C57H66N8O12. The SMILES string of the molecule is C#CCOc1ccc(C[C@H](NC(=O)[C@H](Cc2ccc3ccccc3c2)NC(=O)[C@@H]2CC(n3cc(COc4ccc(CCC(=O)OC)cc4)nn3)CN2C(=O)CNC(=O)[C@H](C)N(C)C(=O)OC(C)(C)C)C(=O)OCC=C)cc1. The fourth-order valence-corrected chi connectivity index (χ4v) is 8.29. The number of carbonyl (C=O) groups is 7. The second kappa shape index (κ2) is 27.2. The van der Waals surface area contributed by atoms with Crippen LogP contribution >= 0.6 is 0 Å². The van der Waals surface area contributed by atoms with Crippen molar-refractivity contribution >= 4 is 52.4 Å². The van der Waals surface area contributed by atoms with Crippen molar-refractivity contribution in [1.82, 2.24) is 40.7 Å². The lowest BCUT2D eigenvalue weighted by molar-refractivity contribution is -0.147. The maximum atomic E-state index is 14.9. The molecule has 4 aromatic carbocycles. The van der Waals surface area contributed by atoms with E-state index in [2.05, 4.69) is 38.8 Å². The second-order valence-corrected chi connectivity index (χ2v) is 19.4. The Kier molecular flexibility index (Phi) is 20.3. The normalized spacial score (nSPS) is 15.2. The van der Waals surface area contributed by atoms with Gasteiger partial charge in [-0.15, -0.1) is 11.5 Å². The maximum Gasteiger partial charge on any atom is 0.410 e. The third-order valence-electron chi connectivity index (χ3n) is 12.6. The number of likely N-dealkylation sites (N-methyl/N-ethyl adjacent to an activating group) is 1. The molecule has 0 spiro atoms. The Labute approximate surface area is 447 Å². The number of rotatable bonds is 24. The van der Waals surface area contributed by atoms with Gasteiger partial charge in [-0.05, 0) is 85.8 Å². The fourth-order valence-electron chi connectivity index (χ4n) is 8.29. The number of benzene rings is 4. The van der Waals surface area contributed by atoms with Gasteiger partial charge in [0.25, 0.3) is 0 Å². The molecule has 1 fully saturated rings. The molecule has 20 nitrogen and oxygen atoms in total. The summed E-state index contributed by atoms with van der Waals surface area (Å²) in [4.78, 5) is 97.7. The number of nitrogens with zero attached hydrogens (tertiary/aromatic N) is 5. The second-order valence-electron chi connectivity index (χ2n) is 19.4. The van der Waals surface area contributed by atoms with Crippen LogP contribution in [0.2, 0.25) is 0 Å². The summed E-state index contributed by atoms with van der Waals surface area (Å²) in [5, 5.41) is 18.8. The van der Waals surface area contributed by atoms with Crippen LogP contribution in [0.25, 0.3) is 10.8 Å². The van der Waals surface area contributed by atoms with Crippen LogP contribution in [0.3, 0.4) is 0 Å². The first kappa shape index (κ1) is 57.5. The Hall–Kier alpha value is -8.73. The van der Waals surface area contributed by atoms with Crippen molar-refractivity contribution in [1.29, 1.82) is 0 Å². The van der Waals surface area contributed by atoms with Crippen molar-refractivity contribution in [3.8, 4) is 23.8 Å². The molecule has 3 N–H and O–H groups in total. The van der Waals surface area contributed by atoms with Gasteiger partial charge in [-0.3, -0.25) is 28.9 Å². The molecule has 1 aliphatic heterocycles. The molecule has 2 heterocycles. The quantitative estimate of drug-likeness (QED) is 0.0325. The third-order valence-corrected chi connectivity index (χ3v) is 12.6. The van der Waals surface area contributed by atoms with Crippen LogP contribution in [0, 0.1) is 12.3 Å². The summed E-state index contributed by atoms with van der Waals surface area (Å²) in [6.45, 7) is 9.57. The smallest absolute Gasteiger partial charge is 0.410 e. The molecule has 5 atom stereocenters. The van der Waals surface area contributed by atoms with E-state index in [1.54, 1.807) is 63.4 Å². The van der Waals surface area contributed by atoms with E-state index in [1.165, 1.54) is 36.7 Å². The first-order valence-electron chi connectivity index (χ1n) is 25.1. The van der Waals surface area contributed by atoms with Crippen LogP contribution in [-0.4, -0.2) is 137 Å². The Morgan fingerprint density at radius 1 is 0.870 bits per heavy atom. The number of aromatic nitrogens is 3. The molecule has 1 aliphatic rings. The van der Waals surface area contributed by atoms with Crippen molar-refractivity contribution < 1.29 is 57.2 Å². The van der Waals surface area contributed by atoms with E-state index in [4.69, 9.17) is 30.1 Å². The van der Waals surface area contributed by atoms with Gasteiger partial charge in [-0.25, -0.2) is 14.3 Å². The highest BCUT2D eigenvalue weighted by molar-refractivity contribution is 5.95. The molecule has 1 unspecified atom stereocenters. The number of hydrogen-bond donors (Lipinski definition) is 3. The number of esters is 2. The molecule has 1 aromatic heterocycles. The van der Waals surface area contributed by atoms with Crippen molar-refractivity contribution in [3.63, 3.8) is 0 Å². The zero-order chi connectivity index (χ0) is 55.6. The number of aryl methyl sites for hydroxylation is 1. The predicted octanol–water partition coefficient (Wildman–Crippen LogP) is 4.83. The summed E-state index contributed by atoms with van der Waals surface area (Å²) in [5.74, 6) is -0.273. The minimum Gasteiger partial charge on any atom is -0.487 e. The summed E-state index contributed by atoms with van der Waals surface area (Å²) >= 11 is 0. The van der Waals surface area contributed by atoms with Gasteiger partial charge in [0.2, 0.25) is 23.6 Å². The van der Waals surface area contributed by atoms with Crippen LogP contribution in [0.5, 0.6) is 11.5 Å². The van der Waals surface area contributed by atoms with Gasteiger partial charge in [0.05, 0.1) is 25.9 Å². The first-order valence-corrected chi connectivity index (χ1v) is 25.1. The molecule has 77 heavy (non-hydrogen) atoms. The first-order chi connectivity index (χ1) is 36.8. The Bertz CT molecular complexity index is 2930. The molecular weight excluding hydrogens is 989 g/mol. The molecule has 0 radical (unpaired) electrons. The summed E-state index contributed by atoms with van der Waals surface area (Å²) < 4.78 is 28.6. The lowest BCUT2D eigenvalue weighted by Gasteiger charge is -2.29. The van der Waals surface area contributed by atoms with Crippen molar-refractivity contribution in [2.24, 2.45) is 0 Å². The van der Waals surface area contributed by atoms with E-state index in [-0.39, 0.29) is 58.0 Å². The van der Waals surface area contributed by atoms with Gasteiger partial charge >= 0.3 is 18.0 Å². The van der Waals surface area contributed by atoms with Gasteiger partial charge in [0.1, 0.15) is 66.8 Å². The average Bonchev–Trinajstić information content (AvgIpc) is 4.11. The number of methoxy groups -OCH3 is 1. The average molecular weight is 1060 g/mol. The van der Waals surface area contributed by atoms with Gasteiger partial charge in [0, 0.05) is 39.3 Å². The molecule has 0 saturated carbocycles. The Balaban J connectivity index is 1.25. The van der Waals surface area contributed by atoms with Crippen molar-refractivity contribution in [2.45, 2.75) is 102 Å². The van der Waals surface area contributed by atoms with Crippen LogP contribution in [-0.2, 0) is 68.8 Å². The number of carbonyl (C=O) groups excluding carboxylic acids is 7. The number of ether oxygens (including phenoxy) is 5. The van der Waals surface area contributed by atoms with Crippen LogP contribution in [0.4, 0.5) is 4.79 Å². The summed E-state index contributed by atoms with van der Waals surface area (Å²) in [6.07, 6.45) is 8.40. The Morgan fingerprint density at radius 3 is 2.21 bits per heavy atom. The highest BCUT2D eigenvalue weighted by Gasteiger charge is 2.42. The minimum atomic E-state index is -1.30. The molecule has 20 heteroatoms. The lowest BCUT2D eigenvalue weighted by atomic mass is 9.99. The van der Waals surface area contributed by atoms with Crippen molar-refractivity contribution in [3.05, 3.63) is 132 Å². The standard InChI is InChI=1S/C57H66N8O12/c1-9-27-74-45-24-18-39(19-25-45)30-48(55(71)75-28-10-2)60-53(69)47(31-40-15-21-41-13-11-12-14-42(41)29-40)59-54(70)49-32-44(35-64(49)50(66)33-58-52(68)37(3)63(7)56(72)77-57(4,5)6)65-34-43(61-62-65)36-76-46-22-16-38(17-23-46)20-26-51(67)73-8/h1,10-19,21-25,29,34,37,44,47-49H,2,20,26-28,30-33,35-36H2,3-8H3,(H,58,68)(H,59,70)(H,60,69)/t37-,44?,47-,48-,49-/m0/s1. The maximum absolute atomic E-state index is 14.9. The fraction of sp³-hybridized carbons (Fsp3) is 0.386. The molecule has 406 valence electrons. The summed E-state index contributed by atoms with van der Waals surface area (Å²) in [7, 11) is 2.75. The summed E-state index contributed by atoms with van der Waals surface area (Å²) in [6, 6.07) is 22.0. The molecule has 5 amide bonds. The number of likely N-dealkylation sites (tertiary alicyclic amines) is 1. The highest BCUT2D eigenvalue weighted by Crippen LogP contribution is 2.28. The number of hydrogen-bond acceptors (Lipinski definition) is 14. The summed E-state index contributed by atoms with van der Waals surface area (Å²) in [5.41, 5.74) is 1.90. The van der Waals surface area contributed by atoms with E-state index in [1.807, 2.05) is 54.6 Å². The van der Waals surface area contributed by atoms with Gasteiger partial charge in [-0.1, -0.05) is 90.5 Å².